The minimum absolute atomic E-state index is 0.0932. The number of nitrogens with one attached hydrogen (secondary N) is 3. The van der Waals surface area contributed by atoms with E-state index in [2.05, 4.69) is 40.8 Å². The molecule has 8 heteroatoms. The number of nitrogens with zero attached hydrogens (tertiary/aromatic N) is 1. The summed E-state index contributed by atoms with van der Waals surface area (Å²) in [5.41, 5.74) is 5.01. The van der Waals surface area contributed by atoms with Crippen LogP contribution in [0.4, 0.5) is 5.82 Å². The zero-order valence-corrected chi connectivity index (χ0v) is 23.4. The third kappa shape index (κ3) is 6.01. The lowest BCUT2D eigenvalue weighted by atomic mass is 9.72. The van der Waals surface area contributed by atoms with Gasteiger partial charge in [-0.3, -0.25) is 10.1 Å². The van der Waals surface area contributed by atoms with Gasteiger partial charge in [-0.05, 0) is 80.0 Å². The van der Waals surface area contributed by atoms with Gasteiger partial charge in [0, 0.05) is 31.4 Å². The topological polar surface area (TPSA) is 102 Å². The van der Waals surface area contributed by atoms with Crippen molar-refractivity contribution < 1.29 is 19.1 Å². The molecule has 1 unspecified atom stereocenters. The van der Waals surface area contributed by atoms with Gasteiger partial charge in [-0.25, -0.2) is 9.78 Å². The minimum atomic E-state index is -0.584. The van der Waals surface area contributed by atoms with E-state index in [1.807, 2.05) is 39.0 Å². The molecule has 1 aliphatic carbocycles. The van der Waals surface area contributed by atoms with E-state index in [-0.39, 0.29) is 17.3 Å². The number of rotatable bonds is 6. The van der Waals surface area contributed by atoms with Gasteiger partial charge in [0.05, 0.1) is 12.2 Å². The number of carbonyl (C=O) groups excluding carboxylic acids is 2. The Bertz CT molecular complexity index is 1350. The summed E-state index contributed by atoms with van der Waals surface area (Å²) in [6, 6.07) is 9.12. The second-order valence-corrected chi connectivity index (χ2v) is 12.1. The van der Waals surface area contributed by atoms with E-state index in [1.165, 1.54) is 11.1 Å². The van der Waals surface area contributed by atoms with Crippen molar-refractivity contribution in [3.05, 3.63) is 76.1 Å². The molecule has 2 aliphatic heterocycles. The molecule has 3 aliphatic rings. The molecule has 0 spiro atoms. The second-order valence-electron chi connectivity index (χ2n) is 12.1. The molecule has 1 amide bonds. The summed E-state index contributed by atoms with van der Waals surface area (Å²) < 4.78 is 11.3. The van der Waals surface area contributed by atoms with E-state index in [1.54, 1.807) is 18.3 Å². The average molecular weight is 531 g/mol. The van der Waals surface area contributed by atoms with Crippen molar-refractivity contribution in [2.45, 2.75) is 72.1 Å². The third-order valence-corrected chi connectivity index (χ3v) is 7.38. The van der Waals surface area contributed by atoms with Crippen LogP contribution in [0.2, 0.25) is 0 Å². The number of hydrogen-bond donors (Lipinski definition) is 3. The molecule has 0 saturated heterocycles. The van der Waals surface area contributed by atoms with Gasteiger partial charge in [0.2, 0.25) is 0 Å². The first-order valence-corrected chi connectivity index (χ1v) is 13.7. The zero-order chi connectivity index (χ0) is 27.8. The Balaban J connectivity index is 1.33. The fourth-order valence-corrected chi connectivity index (χ4v) is 5.46. The lowest BCUT2D eigenvalue weighted by Crippen LogP contribution is -2.51. The maximum Gasteiger partial charge on any atom is 0.328 e. The van der Waals surface area contributed by atoms with E-state index in [0.29, 0.717) is 30.9 Å². The van der Waals surface area contributed by atoms with E-state index in [9.17, 15) is 9.59 Å². The molecule has 0 fully saturated rings. The molecule has 2 aromatic rings. The molecule has 1 aromatic carbocycles. The summed E-state index contributed by atoms with van der Waals surface area (Å²) in [5.74, 6) is 0.933. The number of benzene rings is 1. The quantitative estimate of drug-likeness (QED) is 0.467. The summed E-state index contributed by atoms with van der Waals surface area (Å²) in [6.45, 7) is 11.9. The number of esters is 1. The van der Waals surface area contributed by atoms with Gasteiger partial charge in [0.25, 0.3) is 5.91 Å². The summed E-state index contributed by atoms with van der Waals surface area (Å²) >= 11 is 0. The fraction of sp³-hybridized carbons (Fsp3) is 0.452. The number of pyridine rings is 1. The van der Waals surface area contributed by atoms with Crippen LogP contribution < -0.4 is 20.7 Å². The van der Waals surface area contributed by atoms with E-state index in [0.717, 1.165) is 42.0 Å². The summed E-state index contributed by atoms with van der Waals surface area (Å²) in [5, 5.41) is 9.79. The molecular formula is C31H38N4O4. The molecule has 0 saturated carbocycles. The Morgan fingerprint density at radius 2 is 2.00 bits per heavy atom. The van der Waals surface area contributed by atoms with Gasteiger partial charge < -0.3 is 20.1 Å². The largest absolute Gasteiger partial charge is 0.493 e. The van der Waals surface area contributed by atoms with Crippen molar-refractivity contribution in [3.63, 3.8) is 0 Å². The Morgan fingerprint density at radius 1 is 1.18 bits per heavy atom. The predicted molar refractivity (Wildman–Crippen MR) is 150 cm³/mol. The highest BCUT2D eigenvalue weighted by molar-refractivity contribution is 5.99. The van der Waals surface area contributed by atoms with Crippen molar-refractivity contribution in [2.24, 2.45) is 5.41 Å². The van der Waals surface area contributed by atoms with Gasteiger partial charge in [0.1, 0.15) is 23.2 Å². The zero-order valence-electron chi connectivity index (χ0n) is 23.4. The SMILES string of the molecule is CC(C)(C)OC(=O)C1NCC(C)(C)C2=C1C=C(NC(=O)c1cccnc1NCc1ccc3c(c1)CCO3)CC2. The Hall–Kier alpha value is -3.65. The molecule has 5 rings (SSSR count). The highest BCUT2D eigenvalue weighted by atomic mass is 16.6. The van der Waals surface area contributed by atoms with Crippen LogP contribution in [0.25, 0.3) is 0 Å². The molecule has 0 radical (unpaired) electrons. The highest BCUT2D eigenvalue weighted by Crippen LogP contribution is 2.41. The van der Waals surface area contributed by atoms with Crippen LogP contribution >= 0.6 is 0 Å². The normalized spacial score (nSPS) is 19.8. The average Bonchev–Trinajstić information content (AvgIpc) is 3.34. The number of aromatic nitrogens is 1. The van der Waals surface area contributed by atoms with Crippen LogP contribution in [-0.4, -0.2) is 41.7 Å². The smallest absolute Gasteiger partial charge is 0.328 e. The van der Waals surface area contributed by atoms with Crippen LogP contribution in [0.15, 0.2) is 59.4 Å². The molecule has 0 bridgehead atoms. The van der Waals surface area contributed by atoms with Crippen LogP contribution in [0.1, 0.15) is 68.9 Å². The van der Waals surface area contributed by atoms with Crippen LogP contribution in [-0.2, 0) is 22.5 Å². The lowest BCUT2D eigenvalue weighted by molar-refractivity contribution is -0.156. The minimum Gasteiger partial charge on any atom is -0.493 e. The number of allylic oxidation sites excluding steroid dienone is 1. The molecule has 8 nitrogen and oxygen atoms in total. The van der Waals surface area contributed by atoms with Crippen LogP contribution in [0, 0.1) is 5.41 Å². The molecule has 1 atom stereocenters. The number of ether oxygens (including phenoxy) is 2. The molecular weight excluding hydrogens is 492 g/mol. The van der Waals surface area contributed by atoms with Gasteiger partial charge in [-0.1, -0.05) is 31.6 Å². The third-order valence-electron chi connectivity index (χ3n) is 7.38. The Kier molecular flexibility index (Phi) is 7.25. The number of amides is 1. The maximum absolute atomic E-state index is 13.4. The second kappa shape index (κ2) is 10.5. The highest BCUT2D eigenvalue weighted by Gasteiger charge is 2.40. The van der Waals surface area contributed by atoms with Gasteiger partial charge in [-0.15, -0.1) is 0 Å². The first kappa shape index (κ1) is 26.9. The van der Waals surface area contributed by atoms with E-state index < -0.39 is 11.6 Å². The maximum atomic E-state index is 13.4. The summed E-state index contributed by atoms with van der Waals surface area (Å²) in [7, 11) is 0. The van der Waals surface area contributed by atoms with Crippen molar-refractivity contribution >= 4 is 17.7 Å². The van der Waals surface area contributed by atoms with Gasteiger partial charge in [-0.2, -0.15) is 0 Å². The van der Waals surface area contributed by atoms with Crippen molar-refractivity contribution in [1.82, 2.24) is 15.6 Å². The molecule has 206 valence electrons. The van der Waals surface area contributed by atoms with Crippen LogP contribution in [0.5, 0.6) is 5.75 Å². The van der Waals surface area contributed by atoms with Crippen LogP contribution in [0.3, 0.4) is 0 Å². The number of fused-ring (bicyclic) bond motifs is 1. The van der Waals surface area contributed by atoms with Crippen molar-refractivity contribution in [2.75, 3.05) is 18.5 Å². The summed E-state index contributed by atoms with van der Waals surface area (Å²) in [4.78, 5) is 30.9. The Morgan fingerprint density at radius 3 is 2.79 bits per heavy atom. The first-order chi connectivity index (χ1) is 18.5. The van der Waals surface area contributed by atoms with E-state index >= 15 is 0 Å². The van der Waals surface area contributed by atoms with Crippen molar-refractivity contribution in [3.8, 4) is 5.75 Å². The van der Waals surface area contributed by atoms with Crippen molar-refractivity contribution in [1.29, 1.82) is 0 Å². The molecule has 3 N–H and O–H groups in total. The molecule has 3 heterocycles. The Labute approximate surface area is 230 Å². The standard InChI is InChI=1S/C31H38N4O4/c1-30(2,3)39-29(37)26-23-16-21(9-10-24(23)31(4,5)18-34-26)35-28(36)22-7-6-13-32-27(22)33-17-19-8-11-25-20(15-19)12-14-38-25/h6-8,11,13,15-16,26,34H,9-10,12,14,17-18H2,1-5H3,(H,32,33)(H,35,36). The van der Waals surface area contributed by atoms with E-state index in [4.69, 9.17) is 9.47 Å². The summed E-state index contributed by atoms with van der Waals surface area (Å²) in [6.07, 6.45) is 6.00. The number of carbonyl (C=O) groups is 2. The number of hydrogen-bond acceptors (Lipinski definition) is 7. The predicted octanol–water partition coefficient (Wildman–Crippen LogP) is 4.67. The molecule has 39 heavy (non-hydrogen) atoms. The monoisotopic (exact) mass is 530 g/mol. The van der Waals surface area contributed by atoms with Gasteiger partial charge in [0.15, 0.2) is 0 Å². The van der Waals surface area contributed by atoms with Gasteiger partial charge >= 0.3 is 5.97 Å². The lowest BCUT2D eigenvalue weighted by Gasteiger charge is -2.41. The number of anilines is 1. The first-order valence-electron chi connectivity index (χ1n) is 13.7. The fourth-order valence-electron chi connectivity index (χ4n) is 5.46. The molecule has 1 aromatic heterocycles.